The fraction of sp³-hybridized carbons (Fsp3) is 0.211. The molecule has 0 radical (unpaired) electrons. The second-order valence-electron chi connectivity index (χ2n) is 5.57. The molecule has 6 nitrogen and oxygen atoms in total. The third kappa shape index (κ3) is 5.46. The van der Waals surface area contributed by atoms with Crippen LogP contribution in [-0.4, -0.2) is 24.8 Å². The zero-order valence-electron chi connectivity index (χ0n) is 14.3. The minimum absolute atomic E-state index is 0.0965. The maximum Gasteiger partial charge on any atom is 0.251 e. The molecule has 0 fully saturated rings. The SMILES string of the molecule is CNC(=O)c1cccc(CNC(=O)c2ccc(CNC(C)=O)cc2)c1. The Labute approximate surface area is 146 Å². The monoisotopic (exact) mass is 339 g/mol. The first-order valence-electron chi connectivity index (χ1n) is 7.92. The van der Waals surface area contributed by atoms with Crippen molar-refractivity contribution >= 4 is 17.7 Å². The van der Waals surface area contributed by atoms with Crippen molar-refractivity contribution in [2.45, 2.75) is 20.0 Å². The Kier molecular flexibility index (Phi) is 6.28. The molecule has 2 aromatic carbocycles. The molecule has 25 heavy (non-hydrogen) atoms. The van der Waals surface area contributed by atoms with Crippen LogP contribution in [0.1, 0.15) is 38.8 Å². The van der Waals surface area contributed by atoms with Crippen LogP contribution in [0.15, 0.2) is 48.5 Å². The van der Waals surface area contributed by atoms with Crippen molar-refractivity contribution in [3.8, 4) is 0 Å². The van der Waals surface area contributed by atoms with Gasteiger partial charge in [0.1, 0.15) is 0 Å². The first kappa shape index (κ1) is 18.2. The molecule has 0 saturated carbocycles. The molecular formula is C19H21N3O3. The van der Waals surface area contributed by atoms with Crippen LogP contribution < -0.4 is 16.0 Å². The van der Waals surface area contributed by atoms with Crippen LogP contribution >= 0.6 is 0 Å². The molecule has 3 N–H and O–H groups in total. The first-order chi connectivity index (χ1) is 12.0. The Balaban J connectivity index is 1.94. The summed E-state index contributed by atoms with van der Waals surface area (Å²) in [5.41, 5.74) is 2.85. The third-order valence-corrected chi connectivity index (χ3v) is 3.63. The zero-order chi connectivity index (χ0) is 18.2. The average molecular weight is 339 g/mol. The first-order valence-corrected chi connectivity index (χ1v) is 7.92. The number of rotatable bonds is 6. The molecule has 130 valence electrons. The Morgan fingerprint density at radius 2 is 1.48 bits per heavy atom. The van der Waals surface area contributed by atoms with Gasteiger partial charge in [-0.05, 0) is 35.4 Å². The summed E-state index contributed by atoms with van der Waals surface area (Å²) < 4.78 is 0. The van der Waals surface area contributed by atoms with E-state index in [1.165, 1.54) is 6.92 Å². The zero-order valence-corrected chi connectivity index (χ0v) is 14.3. The Morgan fingerprint density at radius 1 is 0.800 bits per heavy atom. The molecule has 0 aliphatic carbocycles. The van der Waals surface area contributed by atoms with Gasteiger partial charge in [-0.3, -0.25) is 14.4 Å². The van der Waals surface area contributed by atoms with Crippen LogP contribution in [0.4, 0.5) is 0 Å². The van der Waals surface area contributed by atoms with E-state index in [9.17, 15) is 14.4 Å². The minimum Gasteiger partial charge on any atom is -0.355 e. The predicted molar refractivity (Wildman–Crippen MR) is 95.0 cm³/mol. The van der Waals surface area contributed by atoms with Gasteiger partial charge in [0.2, 0.25) is 5.91 Å². The number of hydrogen-bond acceptors (Lipinski definition) is 3. The number of nitrogens with one attached hydrogen (secondary N) is 3. The Bertz CT molecular complexity index is 770. The van der Waals surface area contributed by atoms with E-state index in [0.29, 0.717) is 24.2 Å². The highest BCUT2D eigenvalue weighted by Gasteiger charge is 2.07. The van der Waals surface area contributed by atoms with Gasteiger partial charge in [-0.15, -0.1) is 0 Å². The second-order valence-corrected chi connectivity index (χ2v) is 5.57. The second kappa shape index (κ2) is 8.63. The van der Waals surface area contributed by atoms with Crippen LogP contribution in [0.3, 0.4) is 0 Å². The molecule has 0 atom stereocenters. The molecule has 3 amide bonds. The quantitative estimate of drug-likeness (QED) is 0.747. The summed E-state index contributed by atoms with van der Waals surface area (Å²) in [6, 6.07) is 14.1. The molecule has 0 aromatic heterocycles. The highest BCUT2D eigenvalue weighted by atomic mass is 16.2. The van der Waals surface area contributed by atoms with Crippen LogP contribution in [0.5, 0.6) is 0 Å². The van der Waals surface area contributed by atoms with E-state index in [-0.39, 0.29) is 17.7 Å². The lowest BCUT2D eigenvalue weighted by Gasteiger charge is -2.08. The average Bonchev–Trinajstić information content (AvgIpc) is 2.64. The minimum atomic E-state index is -0.198. The lowest BCUT2D eigenvalue weighted by molar-refractivity contribution is -0.119. The van der Waals surface area contributed by atoms with Gasteiger partial charge in [0.05, 0.1) is 0 Å². The molecule has 0 heterocycles. The number of carbonyl (C=O) groups excluding carboxylic acids is 3. The number of benzene rings is 2. The number of hydrogen-bond donors (Lipinski definition) is 3. The van der Waals surface area contributed by atoms with Crippen molar-refractivity contribution in [2.24, 2.45) is 0 Å². The standard InChI is InChI=1S/C19H21N3O3/c1-13(23)21-11-14-6-8-16(9-7-14)19(25)22-12-15-4-3-5-17(10-15)18(24)20-2/h3-10H,11-12H2,1-2H3,(H,20,24)(H,21,23)(H,22,25). The summed E-state index contributed by atoms with van der Waals surface area (Å²) >= 11 is 0. The third-order valence-electron chi connectivity index (χ3n) is 3.63. The molecule has 6 heteroatoms. The predicted octanol–water partition coefficient (Wildman–Crippen LogP) is 1.61. The topological polar surface area (TPSA) is 87.3 Å². The molecule has 0 aliphatic heterocycles. The van der Waals surface area contributed by atoms with E-state index in [2.05, 4.69) is 16.0 Å². The van der Waals surface area contributed by atoms with Gasteiger partial charge in [0, 0.05) is 38.2 Å². The normalized spacial score (nSPS) is 10.0. The van der Waals surface area contributed by atoms with Crippen molar-refractivity contribution in [3.63, 3.8) is 0 Å². The summed E-state index contributed by atoms with van der Waals surface area (Å²) in [6.07, 6.45) is 0. The van der Waals surface area contributed by atoms with E-state index in [4.69, 9.17) is 0 Å². The van der Waals surface area contributed by atoms with Gasteiger partial charge in [-0.25, -0.2) is 0 Å². The van der Waals surface area contributed by atoms with E-state index < -0.39 is 0 Å². The van der Waals surface area contributed by atoms with Crippen LogP contribution in [0, 0.1) is 0 Å². The van der Waals surface area contributed by atoms with Crippen LogP contribution in [0.25, 0.3) is 0 Å². The van der Waals surface area contributed by atoms with E-state index in [1.807, 2.05) is 6.07 Å². The van der Waals surface area contributed by atoms with E-state index in [0.717, 1.165) is 11.1 Å². The number of amides is 3. The summed E-state index contributed by atoms with van der Waals surface area (Å²) in [5, 5.41) is 8.10. The summed E-state index contributed by atoms with van der Waals surface area (Å²) in [4.78, 5) is 34.7. The van der Waals surface area contributed by atoms with Crippen LogP contribution in [0.2, 0.25) is 0 Å². The summed E-state index contributed by atoms with van der Waals surface area (Å²) in [6.45, 7) is 2.22. The fourth-order valence-corrected chi connectivity index (χ4v) is 2.25. The smallest absolute Gasteiger partial charge is 0.251 e. The summed E-state index contributed by atoms with van der Waals surface area (Å²) in [7, 11) is 1.58. The molecule has 0 aliphatic rings. The summed E-state index contributed by atoms with van der Waals surface area (Å²) in [5.74, 6) is -0.458. The highest BCUT2D eigenvalue weighted by molar-refractivity contribution is 5.95. The van der Waals surface area contributed by atoms with Gasteiger partial charge in [0.25, 0.3) is 11.8 Å². The van der Waals surface area contributed by atoms with Crippen LogP contribution in [-0.2, 0) is 17.9 Å². The maximum atomic E-state index is 12.2. The van der Waals surface area contributed by atoms with Gasteiger partial charge < -0.3 is 16.0 Å². The van der Waals surface area contributed by atoms with E-state index in [1.54, 1.807) is 49.5 Å². The largest absolute Gasteiger partial charge is 0.355 e. The van der Waals surface area contributed by atoms with Crippen molar-refractivity contribution < 1.29 is 14.4 Å². The van der Waals surface area contributed by atoms with E-state index >= 15 is 0 Å². The molecule has 0 spiro atoms. The lowest BCUT2D eigenvalue weighted by Crippen LogP contribution is -2.23. The molecule has 2 rings (SSSR count). The van der Waals surface area contributed by atoms with Gasteiger partial charge in [-0.1, -0.05) is 24.3 Å². The highest BCUT2D eigenvalue weighted by Crippen LogP contribution is 2.07. The Morgan fingerprint density at radius 3 is 2.12 bits per heavy atom. The Hall–Kier alpha value is -3.15. The maximum absolute atomic E-state index is 12.2. The van der Waals surface area contributed by atoms with Crippen molar-refractivity contribution in [3.05, 3.63) is 70.8 Å². The molecule has 0 bridgehead atoms. The molecule has 0 unspecified atom stereocenters. The van der Waals surface area contributed by atoms with Crippen molar-refractivity contribution in [1.82, 2.24) is 16.0 Å². The molecule has 0 saturated heterocycles. The van der Waals surface area contributed by atoms with Gasteiger partial charge in [-0.2, -0.15) is 0 Å². The van der Waals surface area contributed by atoms with Crippen molar-refractivity contribution in [2.75, 3.05) is 7.05 Å². The van der Waals surface area contributed by atoms with Crippen molar-refractivity contribution in [1.29, 1.82) is 0 Å². The molecule has 2 aromatic rings. The lowest BCUT2D eigenvalue weighted by atomic mass is 10.1. The fourth-order valence-electron chi connectivity index (χ4n) is 2.25. The van der Waals surface area contributed by atoms with Gasteiger partial charge >= 0.3 is 0 Å². The van der Waals surface area contributed by atoms with Gasteiger partial charge in [0.15, 0.2) is 0 Å². The number of carbonyl (C=O) groups is 3. The molecular weight excluding hydrogens is 318 g/mol.